The molecule has 0 radical (unpaired) electrons. The highest BCUT2D eigenvalue weighted by Crippen LogP contribution is 2.18. The maximum absolute atomic E-state index is 12.7. The molecule has 1 N–H and O–H groups in total. The van der Waals surface area contributed by atoms with Crippen LogP contribution in [0.25, 0.3) is 0 Å². The molecule has 1 saturated heterocycles. The van der Waals surface area contributed by atoms with Crippen molar-refractivity contribution in [1.82, 2.24) is 14.5 Å². The highest BCUT2D eigenvalue weighted by atomic mass is 32.2. The van der Waals surface area contributed by atoms with Crippen LogP contribution in [0.1, 0.15) is 31.7 Å². The van der Waals surface area contributed by atoms with Gasteiger partial charge in [0.05, 0.1) is 11.4 Å². The lowest BCUT2D eigenvalue weighted by Crippen LogP contribution is -2.51. The van der Waals surface area contributed by atoms with E-state index in [-0.39, 0.29) is 5.91 Å². The number of unbranched alkanes of at least 4 members (excludes halogenated alkanes) is 2. The number of nitrogens with zero attached hydrogens (tertiary/aromatic N) is 2. The van der Waals surface area contributed by atoms with Crippen LogP contribution in [-0.4, -0.2) is 62.8 Å². The molecule has 1 amide bonds. The Bertz CT molecular complexity index is 651. The molecule has 0 atom stereocenters. The molecular formula is C18H29N3O3S. The Morgan fingerprint density at radius 2 is 1.72 bits per heavy atom. The van der Waals surface area contributed by atoms with Gasteiger partial charge in [0.1, 0.15) is 0 Å². The van der Waals surface area contributed by atoms with Gasteiger partial charge < -0.3 is 5.32 Å². The quantitative estimate of drug-likeness (QED) is 0.709. The van der Waals surface area contributed by atoms with Crippen molar-refractivity contribution in [2.75, 3.05) is 39.3 Å². The van der Waals surface area contributed by atoms with Crippen LogP contribution in [0.2, 0.25) is 0 Å². The minimum Gasteiger partial charge on any atom is -0.355 e. The monoisotopic (exact) mass is 367 g/mol. The van der Waals surface area contributed by atoms with E-state index in [1.807, 2.05) is 24.0 Å². The summed E-state index contributed by atoms with van der Waals surface area (Å²) in [7, 11) is -3.45. The predicted octanol–water partition coefficient (Wildman–Crippen LogP) is 1.61. The zero-order valence-corrected chi connectivity index (χ0v) is 16.0. The first-order valence-corrected chi connectivity index (χ1v) is 10.4. The van der Waals surface area contributed by atoms with Gasteiger partial charge in [-0.25, -0.2) is 8.42 Å². The summed E-state index contributed by atoms with van der Waals surface area (Å²) < 4.78 is 26.8. The van der Waals surface area contributed by atoms with E-state index in [2.05, 4.69) is 12.2 Å². The fourth-order valence-corrected chi connectivity index (χ4v) is 4.27. The molecular weight excluding hydrogens is 338 g/mol. The van der Waals surface area contributed by atoms with Gasteiger partial charge in [0.25, 0.3) is 0 Å². The van der Waals surface area contributed by atoms with Crippen molar-refractivity contribution >= 4 is 15.9 Å². The summed E-state index contributed by atoms with van der Waals surface area (Å²) in [5.74, 6) is 0.0194. The minimum atomic E-state index is -3.45. The molecule has 1 aromatic carbocycles. The standard InChI is InChI=1S/C18H29N3O3S/c1-3-4-5-10-19-18(22)15-20-11-13-21(14-12-20)25(23,24)17-8-6-16(2)7-9-17/h6-9H,3-5,10-15H2,1-2H3,(H,19,22). The van der Waals surface area contributed by atoms with E-state index in [0.717, 1.165) is 24.8 Å². The first-order chi connectivity index (χ1) is 11.9. The lowest BCUT2D eigenvalue weighted by molar-refractivity contribution is -0.122. The summed E-state index contributed by atoms with van der Waals surface area (Å²) in [6.07, 6.45) is 3.26. The Balaban J connectivity index is 1.81. The summed E-state index contributed by atoms with van der Waals surface area (Å²) in [6, 6.07) is 6.93. The fourth-order valence-electron chi connectivity index (χ4n) is 2.85. The van der Waals surface area contributed by atoms with E-state index < -0.39 is 10.0 Å². The summed E-state index contributed by atoms with van der Waals surface area (Å²) >= 11 is 0. The van der Waals surface area contributed by atoms with Crippen LogP contribution >= 0.6 is 0 Å². The molecule has 0 aromatic heterocycles. The van der Waals surface area contributed by atoms with Gasteiger partial charge in [0.2, 0.25) is 15.9 Å². The zero-order chi connectivity index (χ0) is 18.3. The van der Waals surface area contributed by atoms with Crippen molar-refractivity contribution in [3.8, 4) is 0 Å². The summed E-state index contributed by atoms with van der Waals surface area (Å²) in [4.78, 5) is 14.3. The van der Waals surface area contributed by atoms with Gasteiger partial charge in [-0.3, -0.25) is 9.69 Å². The molecule has 1 fully saturated rings. The molecule has 1 aliphatic heterocycles. The summed E-state index contributed by atoms with van der Waals surface area (Å²) in [5.41, 5.74) is 1.04. The van der Waals surface area contributed by atoms with Crippen molar-refractivity contribution < 1.29 is 13.2 Å². The molecule has 0 spiro atoms. The van der Waals surface area contributed by atoms with Crippen LogP contribution in [0, 0.1) is 6.92 Å². The predicted molar refractivity (Wildman–Crippen MR) is 98.9 cm³/mol. The summed E-state index contributed by atoms with van der Waals surface area (Å²) in [5, 5.41) is 2.92. The Morgan fingerprint density at radius 1 is 1.08 bits per heavy atom. The van der Waals surface area contributed by atoms with Crippen molar-refractivity contribution in [2.45, 2.75) is 38.0 Å². The van der Waals surface area contributed by atoms with E-state index in [0.29, 0.717) is 44.2 Å². The number of piperazine rings is 1. The van der Waals surface area contributed by atoms with Gasteiger partial charge >= 0.3 is 0 Å². The number of nitrogens with one attached hydrogen (secondary N) is 1. The van der Waals surface area contributed by atoms with Crippen LogP contribution in [0.4, 0.5) is 0 Å². The van der Waals surface area contributed by atoms with Crippen molar-refractivity contribution in [2.24, 2.45) is 0 Å². The van der Waals surface area contributed by atoms with Crippen molar-refractivity contribution in [3.63, 3.8) is 0 Å². The normalized spacial score (nSPS) is 16.7. The topological polar surface area (TPSA) is 69.7 Å². The highest BCUT2D eigenvalue weighted by Gasteiger charge is 2.28. The van der Waals surface area contributed by atoms with Crippen molar-refractivity contribution in [1.29, 1.82) is 0 Å². The maximum Gasteiger partial charge on any atom is 0.243 e. The second-order valence-corrected chi connectivity index (χ2v) is 8.49. The largest absolute Gasteiger partial charge is 0.355 e. The van der Waals surface area contributed by atoms with E-state index >= 15 is 0 Å². The Kier molecular flexibility index (Phi) is 7.40. The number of carbonyl (C=O) groups excluding carboxylic acids is 1. The Labute approximate surface area is 151 Å². The maximum atomic E-state index is 12.7. The van der Waals surface area contributed by atoms with Gasteiger partial charge in [0.15, 0.2) is 0 Å². The second-order valence-electron chi connectivity index (χ2n) is 6.55. The Hall–Kier alpha value is -1.44. The lowest BCUT2D eigenvalue weighted by atomic mass is 10.2. The van der Waals surface area contributed by atoms with Gasteiger partial charge in [-0.15, -0.1) is 0 Å². The smallest absolute Gasteiger partial charge is 0.243 e. The van der Waals surface area contributed by atoms with Crippen LogP contribution in [0.5, 0.6) is 0 Å². The van der Waals surface area contributed by atoms with Crippen molar-refractivity contribution in [3.05, 3.63) is 29.8 Å². The number of rotatable bonds is 8. The third kappa shape index (κ3) is 5.80. The van der Waals surface area contributed by atoms with E-state index in [1.165, 1.54) is 4.31 Å². The number of amides is 1. The molecule has 25 heavy (non-hydrogen) atoms. The molecule has 1 heterocycles. The number of benzene rings is 1. The molecule has 1 aliphatic rings. The Morgan fingerprint density at radius 3 is 2.32 bits per heavy atom. The lowest BCUT2D eigenvalue weighted by Gasteiger charge is -2.33. The fraction of sp³-hybridized carbons (Fsp3) is 0.611. The second kappa shape index (κ2) is 9.31. The first-order valence-electron chi connectivity index (χ1n) is 8.99. The van der Waals surface area contributed by atoms with Gasteiger partial charge in [0, 0.05) is 32.7 Å². The van der Waals surface area contributed by atoms with E-state index in [4.69, 9.17) is 0 Å². The molecule has 2 rings (SSSR count). The molecule has 140 valence electrons. The molecule has 7 heteroatoms. The third-order valence-electron chi connectivity index (χ3n) is 4.46. The minimum absolute atomic E-state index is 0.0194. The van der Waals surface area contributed by atoms with E-state index in [9.17, 15) is 13.2 Å². The average molecular weight is 368 g/mol. The third-order valence-corrected chi connectivity index (χ3v) is 6.37. The highest BCUT2D eigenvalue weighted by molar-refractivity contribution is 7.89. The molecule has 0 bridgehead atoms. The molecule has 0 unspecified atom stereocenters. The molecule has 1 aromatic rings. The number of aryl methyl sites for hydroxylation is 1. The van der Waals surface area contributed by atoms with Crippen LogP contribution in [0.3, 0.4) is 0 Å². The summed E-state index contributed by atoms with van der Waals surface area (Å²) in [6.45, 7) is 7.10. The average Bonchev–Trinajstić information content (AvgIpc) is 2.60. The van der Waals surface area contributed by atoms with Gasteiger partial charge in [-0.05, 0) is 25.5 Å². The molecule has 6 nitrogen and oxygen atoms in total. The number of hydrogen-bond donors (Lipinski definition) is 1. The van der Waals surface area contributed by atoms with E-state index in [1.54, 1.807) is 12.1 Å². The van der Waals surface area contributed by atoms with Crippen LogP contribution in [0.15, 0.2) is 29.2 Å². The van der Waals surface area contributed by atoms with Gasteiger partial charge in [-0.2, -0.15) is 4.31 Å². The van der Waals surface area contributed by atoms with Crippen LogP contribution in [-0.2, 0) is 14.8 Å². The first kappa shape index (κ1) is 19.9. The molecule has 0 saturated carbocycles. The number of hydrogen-bond acceptors (Lipinski definition) is 4. The SMILES string of the molecule is CCCCCNC(=O)CN1CCN(S(=O)(=O)c2ccc(C)cc2)CC1. The number of carbonyl (C=O) groups is 1. The molecule has 0 aliphatic carbocycles. The van der Waals surface area contributed by atoms with Crippen LogP contribution < -0.4 is 5.32 Å². The zero-order valence-electron chi connectivity index (χ0n) is 15.2. The van der Waals surface area contributed by atoms with Gasteiger partial charge in [-0.1, -0.05) is 37.5 Å². The number of sulfonamides is 1.